The molecule has 0 spiro atoms. The van der Waals surface area contributed by atoms with Gasteiger partial charge in [0, 0.05) is 11.8 Å². The highest BCUT2D eigenvalue weighted by atomic mass is 19.1. The first-order valence-electron chi connectivity index (χ1n) is 9.39. The quantitative estimate of drug-likeness (QED) is 0.342. The maximum absolute atomic E-state index is 13.4. The Bertz CT molecular complexity index is 1110. The number of anilines is 1. The number of rotatable bonds is 7. The molecular weight excluding hydrogens is 403 g/mol. The van der Waals surface area contributed by atoms with Crippen molar-refractivity contribution < 1.29 is 23.6 Å². The zero-order valence-electron chi connectivity index (χ0n) is 16.6. The Hall–Kier alpha value is -4.07. The van der Waals surface area contributed by atoms with E-state index in [0.717, 1.165) is 42.2 Å². The second-order valence-electron chi connectivity index (χ2n) is 6.76. The molecule has 0 bridgehead atoms. The fourth-order valence-corrected chi connectivity index (χ4v) is 3.02. The highest BCUT2D eigenvalue weighted by molar-refractivity contribution is 6.07. The predicted octanol–water partition coefficient (Wildman–Crippen LogP) is 4.56. The topological polar surface area (TPSA) is 98.5 Å². The van der Waals surface area contributed by atoms with E-state index >= 15 is 0 Å². The van der Waals surface area contributed by atoms with E-state index in [4.69, 9.17) is 0 Å². The highest BCUT2D eigenvalue weighted by Crippen LogP contribution is 2.21. The van der Waals surface area contributed by atoms with Crippen LogP contribution < -0.4 is 5.32 Å². The molecule has 0 aliphatic rings. The molecular formula is C23H19FN2O5. The molecule has 31 heavy (non-hydrogen) atoms. The van der Waals surface area contributed by atoms with Crippen LogP contribution in [0.3, 0.4) is 0 Å². The maximum atomic E-state index is 13.4. The van der Waals surface area contributed by atoms with Crippen LogP contribution in [-0.4, -0.2) is 23.9 Å². The van der Waals surface area contributed by atoms with Crippen LogP contribution in [0.25, 0.3) is 0 Å². The molecule has 0 aromatic heterocycles. The molecule has 8 heteroatoms. The Morgan fingerprint density at radius 3 is 2.10 bits per heavy atom. The number of methoxy groups -OCH3 is 1. The third-order valence-corrected chi connectivity index (χ3v) is 4.69. The zero-order chi connectivity index (χ0) is 22.4. The van der Waals surface area contributed by atoms with E-state index in [2.05, 4.69) is 10.1 Å². The van der Waals surface area contributed by atoms with Gasteiger partial charge in [0.15, 0.2) is 0 Å². The van der Waals surface area contributed by atoms with Gasteiger partial charge in [0.1, 0.15) is 11.4 Å². The number of nitrogens with zero attached hydrogens (tertiary/aromatic N) is 1. The monoisotopic (exact) mass is 422 g/mol. The number of hydrogen-bond acceptors (Lipinski definition) is 5. The molecule has 0 aliphatic heterocycles. The lowest BCUT2D eigenvalue weighted by Crippen LogP contribution is -2.14. The van der Waals surface area contributed by atoms with Crippen LogP contribution >= 0.6 is 0 Å². The molecule has 0 radical (unpaired) electrons. The summed E-state index contributed by atoms with van der Waals surface area (Å²) in [5, 5.41) is 13.6. The van der Waals surface area contributed by atoms with E-state index in [0.29, 0.717) is 11.3 Å². The average molecular weight is 422 g/mol. The number of amides is 1. The first-order valence-corrected chi connectivity index (χ1v) is 9.39. The molecule has 3 rings (SSSR count). The average Bonchev–Trinajstić information content (AvgIpc) is 2.78. The second-order valence-corrected chi connectivity index (χ2v) is 6.76. The second kappa shape index (κ2) is 9.62. The molecule has 158 valence electrons. The van der Waals surface area contributed by atoms with E-state index < -0.39 is 22.3 Å². The lowest BCUT2D eigenvalue weighted by molar-refractivity contribution is -0.385. The van der Waals surface area contributed by atoms with Gasteiger partial charge in [-0.05, 0) is 60.4 Å². The van der Waals surface area contributed by atoms with Crippen molar-refractivity contribution in [3.8, 4) is 0 Å². The van der Waals surface area contributed by atoms with Gasteiger partial charge in [0.2, 0.25) is 0 Å². The Kier molecular flexibility index (Phi) is 6.71. The van der Waals surface area contributed by atoms with Gasteiger partial charge in [0.05, 0.1) is 17.6 Å². The molecule has 1 N–H and O–H groups in total. The van der Waals surface area contributed by atoms with Crippen molar-refractivity contribution >= 4 is 23.3 Å². The molecule has 3 aromatic rings. The Balaban J connectivity index is 1.62. The fraction of sp³-hybridized carbons (Fsp3) is 0.130. The van der Waals surface area contributed by atoms with Crippen molar-refractivity contribution in [2.75, 3.05) is 12.4 Å². The lowest BCUT2D eigenvalue weighted by Gasteiger charge is -2.08. The number of carbonyl (C=O) groups excluding carboxylic acids is 2. The van der Waals surface area contributed by atoms with Gasteiger partial charge in [-0.25, -0.2) is 9.18 Å². The molecule has 0 atom stereocenters. The lowest BCUT2D eigenvalue weighted by atomic mass is 10.0. The minimum Gasteiger partial charge on any atom is -0.465 e. The molecule has 1 amide bonds. The van der Waals surface area contributed by atoms with E-state index in [1.165, 1.54) is 7.11 Å². The third-order valence-electron chi connectivity index (χ3n) is 4.69. The van der Waals surface area contributed by atoms with E-state index in [-0.39, 0.29) is 11.5 Å². The predicted molar refractivity (Wildman–Crippen MR) is 113 cm³/mol. The summed E-state index contributed by atoms with van der Waals surface area (Å²) in [6.45, 7) is 0. The number of hydrogen-bond donors (Lipinski definition) is 1. The summed E-state index contributed by atoms with van der Waals surface area (Å²) in [6.07, 6.45) is 1.49. The summed E-state index contributed by atoms with van der Waals surface area (Å²) in [4.78, 5) is 34.2. The van der Waals surface area contributed by atoms with Gasteiger partial charge in [-0.3, -0.25) is 14.9 Å². The molecule has 0 saturated heterocycles. The Labute approximate surface area is 177 Å². The van der Waals surface area contributed by atoms with E-state index in [1.807, 2.05) is 24.3 Å². The highest BCUT2D eigenvalue weighted by Gasteiger charge is 2.21. The van der Waals surface area contributed by atoms with Gasteiger partial charge in [-0.15, -0.1) is 0 Å². The van der Waals surface area contributed by atoms with Gasteiger partial charge >= 0.3 is 5.97 Å². The summed E-state index contributed by atoms with van der Waals surface area (Å²) in [7, 11) is 1.34. The summed E-state index contributed by atoms with van der Waals surface area (Å²) in [6, 6.07) is 16.9. The summed E-state index contributed by atoms with van der Waals surface area (Å²) < 4.78 is 18.1. The van der Waals surface area contributed by atoms with Gasteiger partial charge < -0.3 is 10.1 Å². The van der Waals surface area contributed by atoms with Gasteiger partial charge in [0.25, 0.3) is 11.6 Å². The minimum absolute atomic E-state index is 0.343. The minimum atomic E-state index is -0.760. The molecule has 0 heterocycles. The van der Waals surface area contributed by atoms with Crippen molar-refractivity contribution in [2.24, 2.45) is 0 Å². The number of benzene rings is 3. The van der Waals surface area contributed by atoms with Crippen LogP contribution in [0.5, 0.6) is 0 Å². The molecule has 7 nitrogen and oxygen atoms in total. The van der Waals surface area contributed by atoms with Crippen molar-refractivity contribution in [1.82, 2.24) is 0 Å². The molecule has 0 unspecified atom stereocenters. The Morgan fingerprint density at radius 1 is 0.968 bits per heavy atom. The normalized spacial score (nSPS) is 10.4. The smallest absolute Gasteiger partial charge is 0.337 e. The van der Waals surface area contributed by atoms with Crippen LogP contribution in [-0.2, 0) is 17.6 Å². The summed E-state index contributed by atoms with van der Waals surface area (Å²) in [5.74, 6) is -1.87. The number of nitro groups is 1. The van der Waals surface area contributed by atoms with Crippen LogP contribution in [0, 0.1) is 15.9 Å². The summed E-state index contributed by atoms with van der Waals surface area (Å²) >= 11 is 0. The van der Waals surface area contributed by atoms with Crippen LogP contribution in [0.4, 0.5) is 15.8 Å². The number of aryl methyl sites for hydroxylation is 2. The largest absolute Gasteiger partial charge is 0.465 e. The number of ether oxygens (including phenoxy) is 1. The maximum Gasteiger partial charge on any atom is 0.337 e. The first-order chi connectivity index (χ1) is 14.9. The molecule has 0 aliphatic carbocycles. The van der Waals surface area contributed by atoms with E-state index in [9.17, 15) is 24.1 Å². The Morgan fingerprint density at radius 2 is 1.55 bits per heavy atom. The molecule has 0 saturated carbocycles. The van der Waals surface area contributed by atoms with Crippen molar-refractivity contribution in [2.45, 2.75) is 12.8 Å². The van der Waals surface area contributed by atoms with Crippen LogP contribution in [0.1, 0.15) is 31.8 Å². The van der Waals surface area contributed by atoms with Gasteiger partial charge in [-0.2, -0.15) is 0 Å². The SMILES string of the molecule is COC(=O)c1ccc(CCc2ccc(NC(=O)c3cc(F)ccc3[N+](=O)[O-])cc2)cc1. The zero-order valence-corrected chi connectivity index (χ0v) is 16.6. The van der Waals surface area contributed by atoms with Crippen LogP contribution in [0.15, 0.2) is 66.7 Å². The third kappa shape index (κ3) is 5.51. The van der Waals surface area contributed by atoms with Crippen molar-refractivity contribution in [3.05, 3.63) is 105 Å². The number of esters is 1. The number of halogens is 1. The van der Waals surface area contributed by atoms with Crippen molar-refractivity contribution in [3.63, 3.8) is 0 Å². The number of nitro benzene ring substituents is 1. The summed E-state index contributed by atoms with van der Waals surface area (Å²) in [5.41, 5.74) is 2.20. The number of nitrogens with one attached hydrogen (secondary N) is 1. The standard InChI is InChI=1S/C23H19FN2O5/c1-31-23(28)17-8-4-15(5-9-17)2-3-16-6-11-19(12-7-16)25-22(27)20-14-18(24)10-13-21(20)26(29)30/h4-14H,2-3H2,1H3,(H,25,27). The van der Waals surface area contributed by atoms with Crippen LogP contribution in [0.2, 0.25) is 0 Å². The van der Waals surface area contributed by atoms with Crippen molar-refractivity contribution in [1.29, 1.82) is 0 Å². The van der Waals surface area contributed by atoms with E-state index in [1.54, 1.807) is 24.3 Å². The van der Waals surface area contributed by atoms with Gasteiger partial charge in [-0.1, -0.05) is 24.3 Å². The molecule has 3 aromatic carbocycles. The number of carbonyl (C=O) groups is 2. The first kappa shape index (κ1) is 21.6. The molecule has 0 fully saturated rings. The fourth-order valence-electron chi connectivity index (χ4n) is 3.02.